The third kappa shape index (κ3) is 2.95. The molecule has 1 amide bonds. The highest BCUT2D eigenvalue weighted by molar-refractivity contribution is 14.1. The van der Waals surface area contributed by atoms with E-state index in [2.05, 4.69) is 22.6 Å². The number of benzene rings is 1. The molecule has 1 aromatic carbocycles. The van der Waals surface area contributed by atoms with Crippen molar-refractivity contribution in [1.82, 2.24) is 0 Å². The Kier molecular flexibility index (Phi) is 4.53. The molecule has 1 fully saturated rings. The summed E-state index contributed by atoms with van der Waals surface area (Å²) in [6.07, 6.45) is 1.16. The van der Waals surface area contributed by atoms with E-state index in [1.165, 1.54) is 0 Å². The number of nitrogens with zero attached hydrogens (tertiary/aromatic N) is 2. The molecule has 1 aromatic rings. The number of anilines is 1. The van der Waals surface area contributed by atoms with E-state index in [-0.39, 0.29) is 18.1 Å². The van der Waals surface area contributed by atoms with E-state index < -0.39 is 5.92 Å². The summed E-state index contributed by atoms with van der Waals surface area (Å²) in [6, 6.07) is 9.44. The summed E-state index contributed by atoms with van der Waals surface area (Å²) in [7, 11) is 0. The molecule has 4 nitrogen and oxygen atoms in total. The van der Waals surface area contributed by atoms with Gasteiger partial charge in [0.05, 0.1) is 24.1 Å². The van der Waals surface area contributed by atoms with Crippen LogP contribution < -0.4 is 4.90 Å². The molecule has 1 atom stereocenters. The number of amides is 1. The van der Waals surface area contributed by atoms with Crippen LogP contribution in [0.2, 0.25) is 0 Å². The zero-order valence-electron chi connectivity index (χ0n) is 10.3. The van der Waals surface area contributed by atoms with Crippen LogP contribution in [0.1, 0.15) is 19.3 Å². The molecule has 2 rings (SSSR count). The fourth-order valence-corrected chi connectivity index (χ4v) is 2.96. The van der Waals surface area contributed by atoms with Crippen molar-refractivity contribution in [2.45, 2.75) is 19.3 Å². The van der Waals surface area contributed by atoms with Gasteiger partial charge in [-0.3, -0.25) is 9.59 Å². The first-order valence-corrected chi connectivity index (χ1v) is 7.18. The first kappa shape index (κ1) is 14.0. The van der Waals surface area contributed by atoms with Gasteiger partial charge < -0.3 is 4.90 Å². The maximum atomic E-state index is 12.4. The fourth-order valence-electron chi connectivity index (χ4n) is 2.28. The molecule has 1 aliphatic rings. The summed E-state index contributed by atoms with van der Waals surface area (Å²) in [5.74, 6) is -1.08. The minimum absolute atomic E-state index is 0.171. The van der Waals surface area contributed by atoms with Crippen molar-refractivity contribution in [1.29, 1.82) is 5.26 Å². The van der Waals surface area contributed by atoms with E-state index in [0.717, 1.165) is 15.7 Å². The van der Waals surface area contributed by atoms with E-state index in [4.69, 9.17) is 5.26 Å². The Hall–Kier alpha value is -1.42. The second-order valence-corrected chi connectivity index (χ2v) is 5.60. The molecule has 1 aliphatic heterocycles. The van der Waals surface area contributed by atoms with Gasteiger partial charge >= 0.3 is 0 Å². The Morgan fingerprint density at radius 3 is 2.89 bits per heavy atom. The maximum absolute atomic E-state index is 12.4. The molecule has 0 N–H and O–H groups in total. The predicted octanol–water partition coefficient (Wildman–Crippen LogP) is 2.52. The molecule has 0 bridgehead atoms. The van der Waals surface area contributed by atoms with Crippen LogP contribution in [0.4, 0.5) is 5.69 Å². The highest BCUT2D eigenvalue weighted by Crippen LogP contribution is 2.29. The quantitative estimate of drug-likeness (QED) is 0.609. The number of carbonyl (C=O) groups is 2. The topological polar surface area (TPSA) is 61.2 Å². The van der Waals surface area contributed by atoms with Crippen LogP contribution in [-0.4, -0.2) is 18.2 Å². The molecule has 98 valence electrons. The zero-order chi connectivity index (χ0) is 13.8. The number of halogens is 1. The van der Waals surface area contributed by atoms with Gasteiger partial charge in [0.25, 0.3) is 0 Å². The third-order valence-electron chi connectivity index (χ3n) is 3.22. The van der Waals surface area contributed by atoms with E-state index in [9.17, 15) is 9.59 Å². The predicted molar refractivity (Wildman–Crippen MR) is 79.5 cm³/mol. The molecule has 0 spiro atoms. The Bertz CT molecular complexity index is 551. The van der Waals surface area contributed by atoms with Crippen LogP contribution in [-0.2, 0) is 9.59 Å². The lowest BCUT2D eigenvalue weighted by Gasteiger charge is -2.32. The van der Waals surface area contributed by atoms with Crippen molar-refractivity contribution < 1.29 is 9.59 Å². The van der Waals surface area contributed by atoms with Crippen molar-refractivity contribution in [2.75, 3.05) is 11.4 Å². The number of hydrogen-bond donors (Lipinski definition) is 0. The van der Waals surface area contributed by atoms with Crippen LogP contribution in [0.25, 0.3) is 0 Å². The molecule has 1 heterocycles. The van der Waals surface area contributed by atoms with E-state index in [1.807, 2.05) is 30.3 Å². The average Bonchev–Trinajstić information content (AvgIpc) is 2.40. The lowest BCUT2D eigenvalue weighted by Crippen LogP contribution is -2.44. The van der Waals surface area contributed by atoms with Crippen molar-refractivity contribution in [3.8, 4) is 6.07 Å². The number of piperidine rings is 1. The Balaban J connectivity index is 2.24. The summed E-state index contributed by atoms with van der Waals surface area (Å²) >= 11 is 2.18. The van der Waals surface area contributed by atoms with Crippen LogP contribution in [0.3, 0.4) is 0 Å². The highest BCUT2D eigenvalue weighted by atomic mass is 127. The summed E-state index contributed by atoms with van der Waals surface area (Å²) in [5, 5.41) is 8.58. The van der Waals surface area contributed by atoms with Gasteiger partial charge in [0.1, 0.15) is 0 Å². The molecule has 0 unspecified atom stereocenters. The lowest BCUT2D eigenvalue weighted by molar-refractivity contribution is -0.133. The number of rotatable bonds is 3. The van der Waals surface area contributed by atoms with Crippen molar-refractivity contribution in [2.24, 2.45) is 5.92 Å². The van der Waals surface area contributed by atoms with Gasteiger partial charge in [0, 0.05) is 10.1 Å². The minimum atomic E-state index is -0.649. The second-order valence-electron chi connectivity index (χ2n) is 4.44. The van der Waals surface area contributed by atoms with Crippen molar-refractivity contribution in [3.63, 3.8) is 0 Å². The summed E-state index contributed by atoms with van der Waals surface area (Å²) in [6.45, 7) is 0.634. The average molecular weight is 368 g/mol. The summed E-state index contributed by atoms with van der Waals surface area (Å²) in [5.41, 5.74) is 0.850. The van der Waals surface area contributed by atoms with Gasteiger partial charge in [0.2, 0.25) is 5.91 Å². The molecular formula is C14H13IN2O2. The highest BCUT2D eigenvalue weighted by Gasteiger charge is 2.34. The number of Topliss-reactive ketones (excluding diaryl/α,β-unsaturated/α-hetero) is 1. The van der Waals surface area contributed by atoms with Crippen LogP contribution in [0.15, 0.2) is 24.3 Å². The Morgan fingerprint density at radius 1 is 1.47 bits per heavy atom. The van der Waals surface area contributed by atoms with Crippen LogP contribution in [0, 0.1) is 20.8 Å². The first-order chi connectivity index (χ1) is 9.15. The van der Waals surface area contributed by atoms with Crippen LogP contribution in [0.5, 0.6) is 0 Å². The monoisotopic (exact) mass is 368 g/mol. The smallest absolute Gasteiger partial charge is 0.237 e. The maximum Gasteiger partial charge on any atom is 0.237 e. The largest absolute Gasteiger partial charge is 0.311 e. The number of ketones is 1. The van der Waals surface area contributed by atoms with Gasteiger partial charge in [-0.05, 0) is 47.6 Å². The SMILES string of the molecule is N#CCC(=O)[C@@H]1CCCN(c2ccccc2I)C1=O. The van der Waals surface area contributed by atoms with Gasteiger partial charge in [-0.2, -0.15) is 5.26 Å². The summed E-state index contributed by atoms with van der Waals surface area (Å²) in [4.78, 5) is 25.9. The number of para-hydroxylation sites is 1. The minimum Gasteiger partial charge on any atom is -0.311 e. The number of nitriles is 1. The fraction of sp³-hybridized carbons (Fsp3) is 0.357. The third-order valence-corrected chi connectivity index (χ3v) is 4.14. The van der Waals surface area contributed by atoms with Gasteiger partial charge in [-0.25, -0.2) is 0 Å². The number of carbonyl (C=O) groups excluding carboxylic acids is 2. The molecule has 1 saturated heterocycles. The first-order valence-electron chi connectivity index (χ1n) is 6.10. The Morgan fingerprint density at radius 2 is 2.21 bits per heavy atom. The molecule has 0 radical (unpaired) electrons. The lowest BCUT2D eigenvalue weighted by atomic mass is 9.91. The van der Waals surface area contributed by atoms with Crippen LogP contribution >= 0.6 is 22.6 Å². The molecule has 19 heavy (non-hydrogen) atoms. The normalized spacial score (nSPS) is 19.1. The van der Waals surface area contributed by atoms with E-state index in [1.54, 1.807) is 4.90 Å². The van der Waals surface area contributed by atoms with Crippen molar-refractivity contribution in [3.05, 3.63) is 27.8 Å². The van der Waals surface area contributed by atoms with E-state index >= 15 is 0 Å². The summed E-state index contributed by atoms with van der Waals surface area (Å²) < 4.78 is 0.988. The Labute approximate surface area is 125 Å². The van der Waals surface area contributed by atoms with Gasteiger partial charge in [-0.15, -0.1) is 0 Å². The second kappa shape index (κ2) is 6.15. The van der Waals surface area contributed by atoms with Gasteiger partial charge in [0.15, 0.2) is 5.78 Å². The van der Waals surface area contributed by atoms with Crippen molar-refractivity contribution >= 4 is 40.0 Å². The molecule has 5 heteroatoms. The van der Waals surface area contributed by atoms with Gasteiger partial charge in [-0.1, -0.05) is 12.1 Å². The number of hydrogen-bond acceptors (Lipinski definition) is 3. The molecule has 0 aliphatic carbocycles. The molecule has 0 saturated carbocycles. The zero-order valence-corrected chi connectivity index (χ0v) is 12.5. The molecule has 0 aromatic heterocycles. The standard InChI is InChI=1S/C14H13IN2O2/c15-11-5-1-2-6-12(11)17-9-3-4-10(14(17)19)13(18)7-8-16/h1-2,5-6,10H,3-4,7,9H2/t10-/m0/s1. The van der Waals surface area contributed by atoms with E-state index in [0.29, 0.717) is 13.0 Å². The molecular weight excluding hydrogens is 355 g/mol.